The van der Waals surface area contributed by atoms with Gasteiger partial charge >= 0.3 is 5.69 Å². The molecule has 5 nitrogen and oxygen atoms in total. The summed E-state index contributed by atoms with van der Waals surface area (Å²) >= 11 is 0. The molecule has 1 heterocycles. The van der Waals surface area contributed by atoms with E-state index in [0.717, 1.165) is 36.7 Å². The third-order valence-electron chi connectivity index (χ3n) is 4.24. The summed E-state index contributed by atoms with van der Waals surface area (Å²) in [5.74, 6) is 0.221. The molecule has 5 heteroatoms. The summed E-state index contributed by atoms with van der Waals surface area (Å²) < 4.78 is 2.38. The number of hydrogen-bond acceptors (Lipinski definition) is 3. The van der Waals surface area contributed by atoms with Crippen LogP contribution in [0.25, 0.3) is 0 Å². The van der Waals surface area contributed by atoms with Gasteiger partial charge in [0.25, 0.3) is 5.56 Å². The summed E-state index contributed by atoms with van der Waals surface area (Å²) in [5, 5.41) is 0. The van der Waals surface area contributed by atoms with E-state index in [-0.39, 0.29) is 11.5 Å². The quantitative estimate of drug-likeness (QED) is 0.694. The second kappa shape index (κ2) is 7.56. The molecule has 0 spiro atoms. The Hall–Kier alpha value is -1.65. The summed E-state index contributed by atoms with van der Waals surface area (Å²) in [4.78, 5) is 36.7. The Morgan fingerprint density at radius 3 is 2.50 bits per heavy atom. The van der Waals surface area contributed by atoms with E-state index in [4.69, 9.17) is 0 Å². The van der Waals surface area contributed by atoms with E-state index in [1.165, 1.54) is 23.6 Å². The van der Waals surface area contributed by atoms with E-state index in [1.54, 1.807) is 6.92 Å². The Bertz CT molecular complexity index is 638. The van der Waals surface area contributed by atoms with Gasteiger partial charge in [-0.05, 0) is 32.1 Å². The fraction of sp³-hybridized carbons (Fsp3) is 0.706. The molecule has 1 aromatic rings. The number of hydrogen-bond donors (Lipinski definition) is 0. The van der Waals surface area contributed by atoms with Gasteiger partial charge in [0.1, 0.15) is 0 Å². The summed E-state index contributed by atoms with van der Waals surface area (Å²) in [7, 11) is 0. The average molecular weight is 306 g/mol. The van der Waals surface area contributed by atoms with Crippen molar-refractivity contribution in [1.82, 2.24) is 9.13 Å². The number of aryl methyl sites for hydroxylation is 1. The van der Waals surface area contributed by atoms with Gasteiger partial charge in [-0.25, -0.2) is 9.36 Å². The Balaban J connectivity index is 2.09. The molecule has 0 radical (unpaired) electrons. The molecule has 122 valence electrons. The summed E-state index contributed by atoms with van der Waals surface area (Å²) in [5.41, 5.74) is -0.274. The maximum absolute atomic E-state index is 12.4. The molecule has 0 saturated heterocycles. The third-order valence-corrected chi connectivity index (χ3v) is 4.24. The number of rotatable bonds is 8. The maximum atomic E-state index is 12.4. The average Bonchev–Trinajstić information content (AvgIpc) is 3.31. The molecule has 0 aromatic carbocycles. The van der Waals surface area contributed by atoms with Crippen molar-refractivity contribution >= 4 is 5.91 Å². The minimum Gasteiger partial charge on any atom is -0.274 e. The van der Waals surface area contributed by atoms with Crippen LogP contribution in [0.2, 0.25) is 0 Å². The third kappa shape index (κ3) is 4.18. The normalized spacial score (nSPS) is 14.3. The van der Waals surface area contributed by atoms with Crippen LogP contribution < -0.4 is 11.2 Å². The van der Waals surface area contributed by atoms with Gasteiger partial charge in [0.15, 0.2) is 0 Å². The molecular formula is C17H26N2O3. The van der Waals surface area contributed by atoms with Gasteiger partial charge in [0.05, 0.1) is 0 Å². The van der Waals surface area contributed by atoms with Crippen molar-refractivity contribution in [3.8, 4) is 0 Å². The van der Waals surface area contributed by atoms with Crippen LogP contribution in [0.15, 0.2) is 15.8 Å². The predicted octanol–water partition coefficient (Wildman–Crippen LogP) is 2.73. The first-order chi connectivity index (χ1) is 10.5. The van der Waals surface area contributed by atoms with E-state index in [1.807, 2.05) is 0 Å². The summed E-state index contributed by atoms with van der Waals surface area (Å²) in [6.45, 7) is 4.26. The molecule has 22 heavy (non-hydrogen) atoms. The minimum absolute atomic E-state index is 0.200. The molecule has 1 aromatic heterocycles. The van der Waals surface area contributed by atoms with E-state index in [9.17, 15) is 14.4 Å². The number of unbranched alkanes of at least 4 members (excludes halogenated alkanes) is 4. The van der Waals surface area contributed by atoms with E-state index >= 15 is 0 Å². The molecule has 1 saturated carbocycles. The fourth-order valence-electron chi connectivity index (χ4n) is 2.63. The summed E-state index contributed by atoms with van der Waals surface area (Å²) in [6, 6.07) is 0. The number of carbonyl (C=O) groups excluding carboxylic acids is 1. The fourth-order valence-corrected chi connectivity index (χ4v) is 2.63. The Morgan fingerprint density at radius 2 is 1.86 bits per heavy atom. The number of aromatic nitrogens is 2. The topological polar surface area (TPSA) is 61.1 Å². The van der Waals surface area contributed by atoms with Crippen LogP contribution in [-0.4, -0.2) is 15.0 Å². The maximum Gasteiger partial charge on any atom is 0.337 e. The standard InChI is InChI=1S/C17H26N2O3/c1-3-4-5-6-7-8-15(20)18-11-13(2)16(21)19(17(18)22)12-14-9-10-14/h11,14H,3-10,12H2,1-2H3. The number of nitrogens with zero attached hydrogens (tertiary/aromatic N) is 2. The molecule has 0 N–H and O–H groups in total. The molecular weight excluding hydrogens is 280 g/mol. The van der Waals surface area contributed by atoms with Crippen LogP contribution in [-0.2, 0) is 6.54 Å². The predicted molar refractivity (Wildman–Crippen MR) is 86.4 cm³/mol. The Labute approximate surface area is 131 Å². The second-order valence-electron chi connectivity index (χ2n) is 6.38. The molecule has 2 rings (SSSR count). The highest BCUT2D eigenvalue weighted by Crippen LogP contribution is 2.29. The van der Waals surface area contributed by atoms with E-state index < -0.39 is 5.69 Å². The van der Waals surface area contributed by atoms with Crippen molar-refractivity contribution in [1.29, 1.82) is 0 Å². The van der Waals surface area contributed by atoms with Crippen molar-refractivity contribution in [3.05, 3.63) is 32.6 Å². The Kier molecular flexibility index (Phi) is 5.75. The van der Waals surface area contributed by atoms with Gasteiger partial charge in [-0.15, -0.1) is 0 Å². The zero-order valence-corrected chi connectivity index (χ0v) is 13.6. The number of carbonyl (C=O) groups is 1. The molecule has 0 atom stereocenters. The zero-order chi connectivity index (χ0) is 16.1. The van der Waals surface area contributed by atoms with Gasteiger partial charge in [0, 0.05) is 24.7 Å². The van der Waals surface area contributed by atoms with Crippen molar-refractivity contribution in [3.63, 3.8) is 0 Å². The van der Waals surface area contributed by atoms with E-state index in [2.05, 4.69) is 6.92 Å². The van der Waals surface area contributed by atoms with Crippen LogP contribution in [0.4, 0.5) is 0 Å². The SMILES string of the molecule is CCCCCCCC(=O)n1cc(C)c(=O)n(CC2CC2)c1=O. The first-order valence-electron chi connectivity index (χ1n) is 8.41. The molecule has 1 fully saturated rings. The van der Waals surface area contributed by atoms with Crippen LogP contribution in [0.5, 0.6) is 0 Å². The van der Waals surface area contributed by atoms with Crippen molar-refractivity contribution < 1.29 is 4.79 Å². The smallest absolute Gasteiger partial charge is 0.274 e. The Morgan fingerprint density at radius 1 is 1.18 bits per heavy atom. The van der Waals surface area contributed by atoms with E-state index in [0.29, 0.717) is 24.4 Å². The van der Waals surface area contributed by atoms with Gasteiger partial charge in [-0.3, -0.25) is 14.2 Å². The van der Waals surface area contributed by atoms with Crippen LogP contribution in [0, 0.1) is 12.8 Å². The first-order valence-corrected chi connectivity index (χ1v) is 8.41. The van der Waals surface area contributed by atoms with Crippen molar-refractivity contribution in [2.45, 2.75) is 71.8 Å². The zero-order valence-electron chi connectivity index (χ0n) is 13.6. The van der Waals surface area contributed by atoms with Gasteiger partial charge in [-0.1, -0.05) is 32.6 Å². The highest BCUT2D eigenvalue weighted by atomic mass is 16.2. The lowest BCUT2D eigenvalue weighted by Crippen LogP contribution is -2.43. The second-order valence-corrected chi connectivity index (χ2v) is 6.38. The molecule has 0 bridgehead atoms. The van der Waals surface area contributed by atoms with Crippen LogP contribution >= 0.6 is 0 Å². The lowest BCUT2D eigenvalue weighted by Gasteiger charge is -2.10. The molecule has 0 unspecified atom stereocenters. The van der Waals surface area contributed by atoms with Crippen LogP contribution in [0.3, 0.4) is 0 Å². The van der Waals surface area contributed by atoms with Crippen molar-refractivity contribution in [2.75, 3.05) is 0 Å². The molecule has 1 aliphatic rings. The van der Waals surface area contributed by atoms with Crippen molar-refractivity contribution in [2.24, 2.45) is 5.92 Å². The van der Waals surface area contributed by atoms with Gasteiger partial charge in [-0.2, -0.15) is 0 Å². The summed E-state index contributed by atoms with van der Waals surface area (Å²) in [6.07, 6.45) is 9.17. The largest absolute Gasteiger partial charge is 0.337 e. The first kappa shape index (κ1) is 16.7. The highest BCUT2D eigenvalue weighted by molar-refractivity contribution is 5.78. The lowest BCUT2D eigenvalue weighted by atomic mass is 10.1. The monoisotopic (exact) mass is 306 g/mol. The lowest BCUT2D eigenvalue weighted by molar-refractivity contribution is 0.0890. The molecule has 1 aliphatic carbocycles. The van der Waals surface area contributed by atoms with Crippen LogP contribution in [0.1, 0.15) is 68.6 Å². The van der Waals surface area contributed by atoms with Gasteiger partial charge < -0.3 is 0 Å². The highest BCUT2D eigenvalue weighted by Gasteiger charge is 2.24. The minimum atomic E-state index is -0.471. The molecule has 0 amide bonds. The van der Waals surface area contributed by atoms with Gasteiger partial charge in [0.2, 0.25) is 5.91 Å². The molecule has 0 aliphatic heterocycles.